The standard InChI is InChI=1S/C17H21NO3/c1-12-10-14(19)11-15(13-8-6-5-7-9-13)18(12)16(20)21-17(2,3)4/h5-9,11-12H,10H2,1-4H3. The van der Waals surface area contributed by atoms with Gasteiger partial charge in [-0.2, -0.15) is 0 Å². The van der Waals surface area contributed by atoms with Crippen molar-refractivity contribution in [3.63, 3.8) is 0 Å². The van der Waals surface area contributed by atoms with E-state index in [4.69, 9.17) is 4.74 Å². The molecule has 112 valence electrons. The number of carbonyl (C=O) groups excluding carboxylic acids is 2. The van der Waals surface area contributed by atoms with Crippen molar-refractivity contribution < 1.29 is 14.3 Å². The zero-order chi connectivity index (χ0) is 15.6. The molecule has 0 fully saturated rings. The molecule has 0 radical (unpaired) electrons. The maximum atomic E-state index is 12.5. The Labute approximate surface area is 125 Å². The predicted octanol–water partition coefficient (Wildman–Crippen LogP) is 3.63. The average Bonchev–Trinajstić information content (AvgIpc) is 2.36. The fourth-order valence-electron chi connectivity index (χ4n) is 2.32. The van der Waals surface area contributed by atoms with Gasteiger partial charge in [0.05, 0.1) is 5.70 Å². The van der Waals surface area contributed by atoms with Crippen LogP contribution in [0.3, 0.4) is 0 Å². The largest absolute Gasteiger partial charge is 0.443 e. The van der Waals surface area contributed by atoms with Gasteiger partial charge in [-0.1, -0.05) is 30.3 Å². The van der Waals surface area contributed by atoms with Crippen molar-refractivity contribution in [3.8, 4) is 0 Å². The summed E-state index contributed by atoms with van der Waals surface area (Å²) in [6, 6.07) is 9.21. The first-order valence-corrected chi connectivity index (χ1v) is 7.10. The zero-order valence-corrected chi connectivity index (χ0v) is 12.9. The number of allylic oxidation sites excluding steroid dienone is 1. The second-order valence-electron chi connectivity index (χ2n) is 6.27. The first kappa shape index (κ1) is 15.3. The lowest BCUT2D eigenvalue weighted by Gasteiger charge is -2.35. The van der Waals surface area contributed by atoms with E-state index in [1.54, 1.807) is 4.90 Å². The van der Waals surface area contributed by atoms with Crippen molar-refractivity contribution in [2.75, 3.05) is 0 Å². The van der Waals surface area contributed by atoms with Crippen LogP contribution in [0.5, 0.6) is 0 Å². The molecule has 4 nitrogen and oxygen atoms in total. The number of ether oxygens (including phenoxy) is 1. The second kappa shape index (κ2) is 5.72. The Bertz CT molecular complexity index is 569. The molecule has 0 aromatic heterocycles. The summed E-state index contributed by atoms with van der Waals surface area (Å²) in [4.78, 5) is 25.9. The summed E-state index contributed by atoms with van der Waals surface area (Å²) in [6.07, 6.45) is 1.42. The fraction of sp³-hybridized carbons (Fsp3) is 0.412. The lowest BCUT2D eigenvalue weighted by atomic mass is 9.99. The van der Waals surface area contributed by atoms with Crippen LogP contribution >= 0.6 is 0 Å². The highest BCUT2D eigenvalue weighted by Crippen LogP contribution is 2.29. The molecule has 0 saturated carbocycles. The molecule has 0 bridgehead atoms. The average molecular weight is 287 g/mol. The third-order valence-corrected chi connectivity index (χ3v) is 3.15. The fourth-order valence-corrected chi connectivity index (χ4v) is 2.32. The SMILES string of the molecule is CC1CC(=O)C=C(c2ccccc2)N1C(=O)OC(C)(C)C. The van der Waals surface area contributed by atoms with Gasteiger partial charge >= 0.3 is 6.09 Å². The highest BCUT2D eigenvalue weighted by molar-refractivity contribution is 6.01. The van der Waals surface area contributed by atoms with Gasteiger partial charge in [0.15, 0.2) is 5.78 Å². The van der Waals surface area contributed by atoms with E-state index in [2.05, 4.69) is 0 Å². The van der Waals surface area contributed by atoms with E-state index in [1.165, 1.54) is 6.08 Å². The third-order valence-electron chi connectivity index (χ3n) is 3.15. The number of carbonyl (C=O) groups is 2. The molecule has 1 heterocycles. The minimum atomic E-state index is -0.569. The van der Waals surface area contributed by atoms with Crippen LogP contribution in [0.1, 0.15) is 39.7 Å². The Morgan fingerprint density at radius 2 is 1.86 bits per heavy atom. The van der Waals surface area contributed by atoms with Gasteiger partial charge in [0.25, 0.3) is 0 Å². The molecular weight excluding hydrogens is 266 g/mol. The molecule has 4 heteroatoms. The molecule has 1 atom stereocenters. The van der Waals surface area contributed by atoms with Gasteiger partial charge in [0.2, 0.25) is 0 Å². The van der Waals surface area contributed by atoms with Crippen molar-refractivity contribution in [1.82, 2.24) is 4.90 Å². The Morgan fingerprint density at radius 1 is 1.24 bits per heavy atom. The second-order valence-corrected chi connectivity index (χ2v) is 6.27. The molecule has 0 spiro atoms. The van der Waals surface area contributed by atoms with Crippen LogP contribution < -0.4 is 0 Å². The molecule has 21 heavy (non-hydrogen) atoms. The number of hydrogen-bond acceptors (Lipinski definition) is 3. The predicted molar refractivity (Wildman–Crippen MR) is 81.6 cm³/mol. The minimum Gasteiger partial charge on any atom is -0.443 e. The summed E-state index contributed by atoms with van der Waals surface area (Å²) in [5.41, 5.74) is 0.872. The van der Waals surface area contributed by atoms with Gasteiger partial charge in [0, 0.05) is 18.5 Å². The van der Waals surface area contributed by atoms with Crippen LogP contribution in [0.2, 0.25) is 0 Å². The number of benzene rings is 1. The number of amides is 1. The molecule has 1 aromatic rings. The van der Waals surface area contributed by atoms with Crippen molar-refractivity contribution >= 4 is 17.6 Å². The van der Waals surface area contributed by atoms with Crippen molar-refractivity contribution in [3.05, 3.63) is 42.0 Å². The Morgan fingerprint density at radius 3 is 2.43 bits per heavy atom. The van der Waals surface area contributed by atoms with Crippen LogP contribution in [-0.4, -0.2) is 28.4 Å². The quantitative estimate of drug-likeness (QED) is 0.792. The molecule has 1 aromatic carbocycles. The number of nitrogens with zero attached hydrogens (tertiary/aromatic N) is 1. The molecule has 0 saturated heterocycles. The summed E-state index contributed by atoms with van der Waals surface area (Å²) in [7, 11) is 0. The Hall–Kier alpha value is -2.10. The third kappa shape index (κ3) is 3.72. The van der Waals surface area contributed by atoms with Crippen LogP contribution in [0.25, 0.3) is 5.70 Å². The van der Waals surface area contributed by atoms with Crippen LogP contribution in [0.15, 0.2) is 36.4 Å². The molecule has 0 N–H and O–H groups in total. The van der Waals surface area contributed by atoms with Gasteiger partial charge in [-0.05, 0) is 33.3 Å². The van der Waals surface area contributed by atoms with E-state index < -0.39 is 11.7 Å². The summed E-state index contributed by atoms with van der Waals surface area (Å²) in [5.74, 6) is 0.0289. The molecule has 0 aliphatic carbocycles. The van der Waals surface area contributed by atoms with Crippen molar-refractivity contribution in [2.45, 2.75) is 45.8 Å². The zero-order valence-electron chi connectivity index (χ0n) is 12.9. The number of ketones is 1. The van der Waals surface area contributed by atoms with E-state index in [0.29, 0.717) is 12.1 Å². The Kier molecular flexibility index (Phi) is 4.16. The highest BCUT2D eigenvalue weighted by atomic mass is 16.6. The molecular formula is C17H21NO3. The van der Waals surface area contributed by atoms with Crippen LogP contribution in [0.4, 0.5) is 4.79 Å². The summed E-state index contributed by atoms with van der Waals surface area (Å²) >= 11 is 0. The minimum absolute atomic E-state index is 0.0289. The summed E-state index contributed by atoms with van der Waals surface area (Å²) in [6.45, 7) is 7.35. The molecule has 2 rings (SSSR count). The van der Waals surface area contributed by atoms with Gasteiger partial charge in [-0.25, -0.2) is 4.79 Å². The van der Waals surface area contributed by atoms with E-state index in [-0.39, 0.29) is 11.8 Å². The Balaban J connectivity index is 2.38. The maximum Gasteiger partial charge on any atom is 0.415 e. The van der Waals surface area contributed by atoms with E-state index in [1.807, 2.05) is 58.0 Å². The highest BCUT2D eigenvalue weighted by Gasteiger charge is 2.33. The molecule has 1 amide bonds. The van der Waals surface area contributed by atoms with Crippen molar-refractivity contribution in [2.24, 2.45) is 0 Å². The van der Waals surface area contributed by atoms with Gasteiger partial charge in [-0.3, -0.25) is 9.69 Å². The van der Waals surface area contributed by atoms with Gasteiger partial charge < -0.3 is 4.74 Å². The smallest absolute Gasteiger partial charge is 0.415 e. The number of hydrogen-bond donors (Lipinski definition) is 0. The summed E-state index contributed by atoms with van der Waals surface area (Å²) < 4.78 is 5.47. The van der Waals surface area contributed by atoms with E-state index in [9.17, 15) is 9.59 Å². The maximum absolute atomic E-state index is 12.5. The monoisotopic (exact) mass is 287 g/mol. The first-order chi connectivity index (χ1) is 9.78. The van der Waals surface area contributed by atoms with E-state index >= 15 is 0 Å². The van der Waals surface area contributed by atoms with E-state index in [0.717, 1.165) is 5.56 Å². The van der Waals surface area contributed by atoms with Gasteiger partial charge in [0.1, 0.15) is 5.60 Å². The van der Waals surface area contributed by atoms with Crippen molar-refractivity contribution in [1.29, 1.82) is 0 Å². The normalized spacial score (nSPS) is 19.2. The van der Waals surface area contributed by atoms with Crippen LogP contribution in [0, 0.1) is 0 Å². The molecule has 1 aliphatic heterocycles. The number of rotatable bonds is 1. The first-order valence-electron chi connectivity index (χ1n) is 7.10. The molecule has 1 unspecified atom stereocenters. The topological polar surface area (TPSA) is 46.6 Å². The van der Waals surface area contributed by atoms with Gasteiger partial charge in [-0.15, -0.1) is 0 Å². The molecule has 1 aliphatic rings. The summed E-state index contributed by atoms with van der Waals surface area (Å²) in [5, 5.41) is 0. The lowest BCUT2D eigenvalue weighted by molar-refractivity contribution is -0.115. The lowest BCUT2D eigenvalue weighted by Crippen LogP contribution is -2.44. The van der Waals surface area contributed by atoms with Crippen LogP contribution in [-0.2, 0) is 9.53 Å².